The van der Waals surface area contributed by atoms with Crippen molar-refractivity contribution in [3.05, 3.63) is 11.1 Å². The highest BCUT2D eigenvalue weighted by molar-refractivity contribution is 5.24. The minimum Gasteiger partial charge on any atom is -0.392 e. The maximum atomic E-state index is 9.71. The topological polar surface area (TPSA) is 40.5 Å². The largest absolute Gasteiger partial charge is 0.392 e. The highest BCUT2D eigenvalue weighted by atomic mass is 16.3. The monoisotopic (exact) mass is 170 g/mol. The average molecular weight is 170 g/mol. The van der Waals surface area contributed by atoms with Gasteiger partial charge in [-0.05, 0) is 25.3 Å². The average Bonchev–Trinajstić information content (AvgIpc) is 1.98. The van der Waals surface area contributed by atoms with E-state index in [0.717, 1.165) is 18.4 Å². The van der Waals surface area contributed by atoms with Crippen molar-refractivity contribution in [2.24, 2.45) is 5.41 Å². The molecule has 1 rings (SSSR count). The van der Waals surface area contributed by atoms with Crippen molar-refractivity contribution in [3.63, 3.8) is 0 Å². The van der Waals surface area contributed by atoms with Gasteiger partial charge in [0.15, 0.2) is 0 Å². The lowest BCUT2D eigenvalue weighted by atomic mass is 9.71. The number of hydrogen-bond acceptors (Lipinski definition) is 2. The lowest BCUT2D eigenvalue weighted by molar-refractivity contribution is 0.0501. The fourth-order valence-corrected chi connectivity index (χ4v) is 1.95. The van der Waals surface area contributed by atoms with Crippen LogP contribution in [0.5, 0.6) is 0 Å². The van der Waals surface area contributed by atoms with Crippen LogP contribution in [0.4, 0.5) is 0 Å². The fourth-order valence-electron chi connectivity index (χ4n) is 1.95. The van der Waals surface area contributed by atoms with Crippen molar-refractivity contribution >= 4 is 0 Å². The summed E-state index contributed by atoms with van der Waals surface area (Å²) >= 11 is 0. The lowest BCUT2D eigenvalue weighted by Crippen LogP contribution is -2.36. The van der Waals surface area contributed by atoms with Crippen LogP contribution in [0.1, 0.15) is 33.6 Å². The maximum Gasteiger partial charge on any atom is 0.0650 e. The molecule has 0 heterocycles. The minimum absolute atomic E-state index is 0.0793. The van der Waals surface area contributed by atoms with Gasteiger partial charge in [0, 0.05) is 5.41 Å². The van der Waals surface area contributed by atoms with Crippen molar-refractivity contribution < 1.29 is 10.2 Å². The Morgan fingerprint density at radius 3 is 2.50 bits per heavy atom. The van der Waals surface area contributed by atoms with Gasteiger partial charge >= 0.3 is 0 Å². The fraction of sp³-hybridized carbons (Fsp3) is 0.800. The van der Waals surface area contributed by atoms with Crippen molar-refractivity contribution in [1.82, 2.24) is 0 Å². The van der Waals surface area contributed by atoms with Gasteiger partial charge in [0.25, 0.3) is 0 Å². The third-order valence-electron chi connectivity index (χ3n) is 3.08. The Morgan fingerprint density at radius 1 is 1.50 bits per heavy atom. The van der Waals surface area contributed by atoms with Gasteiger partial charge in [0.2, 0.25) is 0 Å². The van der Waals surface area contributed by atoms with E-state index in [-0.39, 0.29) is 18.1 Å². The highest BCUT2D eigenvalue weighted by Gasteiger charge is 2.35. The minimum atomic E-state index is -0.302. The molecule has 0 bridgehead atoms. The molecule has 0 radical (unpaired) electrons. The van der Waals surface area contributed by atoms with Crippen molar-refractivity contribution in [3.8, 4) is 0 Å². The summed E-state index contributed by atoms with van der Waals surface area (Å²) in [6, 6.07) is 0. The molecule has 0 spiro atoms. The van der Waals surface area contributed by atoms with Crippen LogP contribution in [0, 0.1) is 5.41 Å². The van der Waals surface area contributed by atoms with Gasteiger partial charge in [-0.1, -0.05) is 19.4 Å². The molecule has 1 aliphatic carbocycles. The van der Waals surface area contributed by atoms with Crippen molar-refractivity contribution in [2.75, 3.05) is 6.61 Å². The Balaban J connectivity index is 3.00. The van der Waals surface area contributed by atoms with Crippen LogP contribution in [0.25, 0.3) is 0 Å². The number of rotatable bonds is 1. The molecule has 0 unspecified atom stereocenters. The summed E-state index contributed by atoms with van der Waals surface area (Å²) in [5, 5.41) is 18.9. The SMILES string of the molecule is CC1=C(CO)C(C)(C)[C@@H](O)CC1. The molecule has 0 saturated heterocycles. The number of aliphatic hydroxyl groups excluding tert-OH is 2. The summed E-state index contributed by atoms with van der Waals surface area (Å²) in [5.41, 5.74) is 2.02. The van der Waals surface area contributed by atoms with Crippen molar-refractivity contribution in [2.45, 2.75) is 39.7 Å². The Bertz CT molecular complexity index is 204. The van der Waals surface area contributed by atoms with Crippen LogP contribution in [0.3, 0.4) is 0 Å². The molecule has 0 amide bonds. The number of allylic oxidation sites excluding steroid dienone is 1. The van der Waals surface area contributed by atoms with E-state index in [2.05, 4.69) is 0 Å². The van der Waals surface area contributed by atoms with E-state index < -0.39 is 0 Å². The van der Waals surface area contributed by atoms with E-state index in [1.807, 2.05) is 20.8 Å². The summed E-state index contributed by atoms with van der Waals surface area (Å²) in [5.74, 6) is 0. The smallest absolute Gasteiger partial charge is 0.0650 e. The van der Waals surface area contributed by atoms with Crippen LogP contribution >= 0.6 is 0 Å². The second kappa shape index (κ2) is 3.19. The van der Waals surface area contributed by atoms with Gasteiger partial charge in [0.05, 0.1) is 12.7 Å². The number of aliphatic hydroxyl groups is 2. The first-order valence-electron chi connectivity index (χ1n) is 4.48. The molecule has 0 aromatic rings. The van der Waals surface area contributed by atoms with E-state index in [1.165, 1.54) is 5.57 Å². The third kappa shape index (κ3) is 1.41. The first kappa shape index (κ1) is 9.75. The lowest BCUT2D eigenvalue weighted by Gasteiger charge is -2.38. The predicted octanol–water partition coefficient (Wildman–Crippen LogP) is 1.48. The Hall–Kier alpha value is -0.340. The summed E-state index contributed by atoms with van der Waals surface area (Å²) < 4.78 is 0. The molecular weight excluding hydrogens is 152 g/mol. The Kier molecular flexibility index (Phi) is 2.59. The quantitative estimate of drug-likeness (QED) is 0.585. The normalized spacial score (nSPS) is 29.2. The van der Waals surface area contributed by atoms with Crippen LogP contribution in [0.2, 0.25) is 0 Å². The van der Waals surface area contributed by atoms with E-state index in [4.69, 9.17) is 5.11 Å². The number of hydrogen-bond donors (Lipinski definition) is 2. The van der Waals surface area contributed by atoms with Crippen LogP contribution in [0.15, 0.2) is 11.1 Å². The molecule has 12 heavy (non-hydrogen) atoms. The molecule has 1 atom stereocenters. The van der Waals surface area contributed by atoms with Crippen LogP contribution in [-0.4, -0.2) is 22.9 Å². The van der Waals surface area contributed by atoms with Gasteiger partial charge in [-0.15, -0.1) is 0 Å². The molecule has 2 N–H and O–H groups in total. The first-order chi connectivity index (χ1) is 5.50. The third-order valence-corrected chi connectivity index (χ3v) is 3.08. The Morgan fingerprint density at radius 2 is 2.08 bits per heavy atom. The molecule has 0 saturated carbocycles. The zero-order valence-corrected chi connectivity index (χ0v) is 8.09. The summed E-state index contributed by atoms with van der Waals surface area (Å²) in [6.07, 6.45) is 1.44. The van der Waals surface area contributed by atoms with E-state index in [1.54, 1.807) is 0 Å². The molecule has 0 aliphatic heterocycles. The second-order valence-corrected chi connectivity index (χ2v) is 4.19. The standard InChI is InChI=1S/C10H18O2/c1-7-4-5-9(12)10(2,3)8(7)6-11/h9,11-12H,4-6H2,1-3H3/t9-/m0/s1. The van der Waals surface area contributed by atoms with Gasteiger partial charge in [-0.25, -0.2) is 0 Å². The Labute approximate surface area is 73.9 Å². The molecule has 1 aliphatic rings. The van der Waals surface area contributed by atoms with E-state index in [0.29, 0.717) is 0 Å². The summed E-state index contributed by atoms with van der Waals surface area (Å²) in [6.45, 7) is 6.10. The van der Waals surface area contributed by atoms with E-state index in [9.17, 15) is 5.11 Å². The predicted molar refractivity (Wildman–Crippen MR) is 48.8 cm³/mol. The summed E-state index contributed by atoms with van der Waals surface area (Å²) in [4.78, 5) is 0. The maximum absolute atomic E-state index is 9.71. The molecule has 0 fully saturated rings. The zero-order chi connectivity index (χ0) is 9.35. The second-order valence-electron chi connectivity index (χ2n) is 4.19. The molecule has 70 valence electrons. The van der Waals surface area contributed by atoms with Gasteiger partial charge in [-0.2, -0.15) is 0 Å². The van der Waals surface area contributed by atoms with Gasteiger partial charge < -0.3 is 10.2 Å². The van der Waals surface area contributed by atoms with Gasteiger partial charge in [0.1, 0.15) is 0 Å². The molecule has 0 aromatic heterocycles. The van der Waals surface area contributed by atoms with Crippen LogP contribution < -0.4 is 0 Å². The molecule has 0 aromatic carbocycles. The molecule has 2 nitrogen and oxygen atoms in total. The van der Waals surface area contributed by atoms with E-state index >= 15 is 0 Å². The van der Waals surface area contributed by atoms with Gasteiger partial charge in [-0.3, -0.25) is 0 Å². The molecular formula is C10H18O2. The summed E-state index contributed by atoms with van der Waals surface area (Å²) in [7, 11) is 0. The van der Waals surface area contributed by atoms with Crippen LogP contribution in [-0.2, 0) is 0 Å². The molecule has 2 heteroatoms. The first-order valence-corrected chi connectivity index (χ1v) is 4.48. The van der Waals surface area contributed by atoms with Crippen molar-refractivity contribution in [1.29, 1.82) is 0 Å². The zero-order valence-electron chi connectivity index (χ0n) is 8.09. The highest BCUT2D eigenvalue weighted by Crippen LogP contribution is 2.39.